The molecule has 24 heavy (non-hydrogen) atoms. The van der Waals surface area contributed by atoms with Crippen molar-refractivity contribution in [2.45, 2.75) is 13.5 Å². The molecule has 0 N–H and O–H groups in total. The first kappa shape index (κ1) is 16.0. The van der Waals surface area contributed by atoms with Crippen LogP contribution in [0.1, 0.15) is 21.6 Å². The van der Waals surface area contributed by atoms with E-state index in [-0.39, 0.29) is 12.5 Å². The minimum atomic E-state index is -0.265. The van der Waals surface area contributed by atoms with Crippen molar-refractivity contribution in [2.24, 2.45) is 0 Å². The largest absolute Gasteiger partial charge is 0.486 e. The molecule has 1 amide bonds. The summed E-state index contributed by atoms with van der Waals surface area (Å²) in [5.74, 6) is 0.235. The molecule has 0 radical (unpaired) electrons. The zero-order valence-electron chi connectivity index (χ0n) is 13.9. The quantitative estimate of drug-likeness (QED) is 0.677. The average Bonchev–Trinajstić information content (AvgIpc) is 3.03. The molecule has 6 heteroatoms. The highest BCUT2D eigenvalue weighted by Gasteiger charge is 2.16. The predicted molar refractivity (Wildman–Crippen MR) is 89.8 cm³/mol. The van der Waals surface area contributed by atoms with Crippen molar-refractivity contribution in [3.05, 3.63) is 65.6 Å². The molecule has 0 aliphatic heterocycles. The second-order valence-corrected chi connectivity index (χ2v) is 5.42. The lowest BCUT2D eigenvalue weighted by atomic mass is 10.2. The van der Waals surface area contributed by atoms with Crippen LogP contribution in [0.5, 0.6) is 5.75 Å². The molecule has 0 aliphatic rings. The van der Waals surface area contributed by atoms with Gasteiger partial charge in [-0.1, -0.05) is 18.2 Å². The van der Waals surface area contributed by atoms with Gasteiger partial charge in [-0.3, -0.25) is 9.63 Å². The second kappa shape index (κ2) is 6.72. The van der Waals surface area contributed by atoms with Gasteiger partial charge in [0.05, 0.1) is 18.4 Å². The number of benzene rings is 1. The number of hydrogen-bond donors (Lipinski definition) is 0. The normalized spacial score (nSPS) is 10.8. The number of nitrogens with zero attached hydrogens (tertiary/aromatic N) is 3. The molecule has 0 fully saturated rings. The lowest BCUT2D eigenvalue weighted by Gasteiger charge is -2.16. The Kier molecular flexibility index (Phi) is 4.48. The van der Waals surface area contributed by atoms with E-state index in [1.54, 1.807) is 25.2 Å². The van der Waals surface area contributed by atoms with E-state index in [2.05, 4.69) is 4.98 Å². The van der Waals surface area contributed by atoms with Crippen molar-refractivity contribution in [2.75, 3.05) is 14.2 Å². The molecule has 0 bridgehead atoms. The Balaban J connectivity index is 1.81. The maximum absolute atomic E-state index is 12.3. The van der Waals surface area contributed by atoms with Crippen molar-refractivity contribution in [3.63, 3.8) is 0 Å². The molecular formula is C18H19N3O3. The number of carbonyl (C=O) groups excluding carboxylic acids is 1. The summed E-state index contributed by atoms with van der Waals surface area (Å²) in [6.07, 6.45) is 3.87. The van der Waals surface area contributed by atoms with E-state index in [1.165, 1.54) is 7.11 Å². The molecule has 0 saturated heterocycles. The Bertz CT molecular complexity index is 873. The second-order valence-electron chi connectivity index (χ2n) is 5.42. The van der Waals surface area contributed by atoms with E-state index in [9.17, 15) is 4.79 Å². The summed E-state index contributed by atoms with van der Waals surface area (Å²) in [6.45, 7) is 2.30. The maximum Gasteiger partial charge on any atom is 0.280 e. The summed E-state index contributed by atoms with van der Waals surface area (Å²) in [5, 5.41) is 1.16. The van der Waals surface area contributed by atoms with Crippen molar-refractivity contribution < 1.29 is 14.4 Å². The average molecular weight is 325 g/mol. The molecule has 0 spiro atoms. The van der Waals surface area contributed by atoms with Gasteiger partial charge in [0.2, 0.25) is 0 Å². The first-order chi connectivity index (χ1) is 11.6. The lowest BCUT2D eigenvalue weighted by Crippen LogP contribution is -2.25. The highest BCUT2D eigenvalue weighted by molar-refractivity contribution is 5.96. The van der Waals surface area contributed by atoms with Crippen LogP contribution >= 0.6 is 0 Å². The maximum atomic E-state index is 12.3. The number of hydrogen-bond acceptors (Lipinski definition) is 4. The minimum Gasteiger partial charge on any atom is -0.486 e. The smallest absolute Gasteiger partial charge is 0.280 e. The van der Waals surface area contributed by atoms with E-state index < -0.39 is 0 Å². The number of amides is 1. The van der Waals surface area contributed by atoms with Crippen LogP contribution in [0.25, 0.3) is 5.65 Å². The third-order valence-corrected chi connectivity index (χ3v) is 3.78. The third kappa shape index (κ3) is 3.09. The number of aromatic nitrogens is 2. The summed E-state index contributed by atoms with van der Waals surface area (Å²) in [5.41, 5.74) is 3.24. The zero-order valence-corrected chi connectivity index (χ0v) is 13.9. The fraction of sp³-hybridized carbons (Fsp3) is 0.222. The van der Waals surface area contributed by atoms with Gasteiger partial charge >= 0.3 is 0 Å². The molecule has 0 saturated carbocycles. The Morgan fingerprint density at radius 1 is 1.25 bits per heavy atom. The highest BCUT2D eigenvalue weighted by Crippen LogP contribution is 2.21. The van der Waals surface area contributed by atoms with Crippen LogP contribution in [0.2, 0.25) is 0 Å². The van der Waals surface area contributed by atoms with Crippen LogP contribution < -0.4 is 4.74 Å². The van der Waals surface area contributed by atoms with Gasteiger partial charge < -0.3 is 9.14 Å². The first-order valence-corrected chi connectivity index (χ1v) is 7.57. The van der Waals surface area contributed by atoms with Gasteiger partial charge in [0.25, 0.3) is 5.91 Å². The molecule has 0 atom stereocenters. The van der Waals surface area contributed by atoms with Crippen LogP contribution in [0.3, 0.4) is 0 Å². The number of pyridine rings is 1. The summed E-state index contributed by atoms with van der Waals surface area (Å²) >= 11 is 0. The number of rotatable bonds is 5. The molecule has 3 aromatic rings. The minimum absolute atomic E-state index is 0.265. The molecule has 1 aromatic carbocycles. The Hall–Kier alpha value is -2.86. The van der Waals surface area contributed by atoms with E-state index in [0.29, 0.717) is 11.3 Å². The van der Waals surface area contributed by atoms with Gasteiger partial charge in [-0.15, -0.1) is 0 Å². The summed E-state index contributed by atoms with van der Waals surface area (Å²) in [7, 11) is 3.00. The topological polar surface area (TPSA) is 56.1 Å². The van der Waals surface area contributed by atoms with Crippen LogP contribution in [-0.2, 0) is 11.4 Å². The van der Waals surface area contributed by atoms with Crippen molar-refractivity contribution in [1.29, 1.82) is 0 Å². The molecule has 2 aromatic heterocycles. The fourth-order valence-electron chi connectivity index (χ4n) is 2.45. The monoisotopic (exact) mass is 325 g/mol. The van der Waals surface area contributed by atoms with E-state index in [0.717, 1.165) is 22.0 Å². The molecule has 3 rings (SSSR count). The first-order valence-electron chi connectivity index (χ1n) is 7.57. The fourth-order valence-corrected chi connectivity index (χ4v) is 2.45. The molecular weight excluding hydrogens is 306 g/mol. The van der Waals surface area contributed by atoms with Crippen LogP contribution in [0.15, 0.2) is 48.8 Å². The SMILES string of the molecule is CON(C)C(=O)c1ccccc1OCc1cn2cccc(C)c2n1. The zero-order chi connectivity index (χ0) is 17.1. The number of aryl methyl sites for hydroxylation is 1. The number of imidazole rings is 1. The van der Waals surface area contributed by atoms with Gasteiger partial charge in [-0.25, -0.2) is 10.0 Å². The number of fused-ring (bicyclic) bond motifs is 1. The number of para-hydroxylation sites is 1. The molecule has 2 heterocycles. The molecule has 0 unspecified atom stereocenters. The van der Waals surface area contributed by atoms with Gasteiger partial charge in [0.1, 0.15) is 18.0 Å². The number of hydroxylamine groups is 2. The van der Waals surface area contributed by atoms with E-state index >= 15 is 0 Å². The van der Waals surface area contributed by atoms with Crippen LogP contribution in [-0.4, -0.2) is 34.5 Å². The molecule has 6 nitrogen and oxygen atoms in total. The van der Waals surface area contributed by atoms with Crippen molar-refractivity contribution >= 4 is 11.6 Å². The van der Waals surface area contributed by atoms with Crippen molar-refractivity contribution in [1.82, 2.24) is 14.4 Å². The Morgan fingerprint density at radius 2 is 2.04 bits per heavy atom. The van der Waals surface area contributed by atoms with Crippen LogP contribution in [0, 0.1) is 6.92 Å². The van der Waals surface area contributed by atoms with Gasteiger partial charge in [-0.05, 0) is 30.7 Å². The predicted octanol–water partition coefficient (Wildman–Crippen LogP) is 2.86. The third-order valence-electron chi connectivity index (χ3n) is 3.78. The standard InChI is InChI=1S/C18H19N3O3/c1-13-7-6-10-21-11-14(19-17(13)21)12-24-16-9-5-4-8-15(16)18(22)20(2)23-3/h4-11H,12H2,1-3H3. The highest BCUT2D eigenvalue weighted by atomic mass is 16.7. The lowest BCUT2D eigenvalue weighted by molar-refractivity contribution is -0.0758. The van der Waals surface area contributed by atoms with E-state index in [4.69, 9.17) is 9.57 Å². The summed E-state index contributed by atoms with van der Waals surface area (Å²) < 4.78 is 7.79. The summed E-state index contributed by atoms with van der Waals surface area (Å²) in [6, 6.07) is 11.1. The molecule has 0 aliphatic carbocycles. The molecule has 124 valence electrons. The van der Waals surface area contributed by atoms with Gasteiger partial charge in [0.15, 0.2) is 0 Å². The van der Waals surface area contributed by atoms with Crippen molar-refractivity contribution in [3.8, 4) is 5.75 Å². The Morgan fingerprint density at radius 3 is 2.79 bits per heavy atom. The van der Waals surface area contributed by atoms with Gasteiger partial charge in [-0.2, -0.15) is 0 Å². The van der Waals surface area contributed by atoms with E-state index in [1.807, 2.05) is 41.9 Å². The van der Waals surface area contributed by atoms with Crippen LogP contribution in [0.4, 0.5) is 0 Å². The number of ether oxygens (including phenoxy) is 1. The summed E-state index contributed by atoms with van der Waals surface area (Å²) in [4.78, 5) is 21.8. The van der Waals surface area contributed by atoms with Gasteiger partial charge in [0, 0.05) is 19.4 Å². The Labute approximate surface area is 140 Å². The number of carbonyl (C=O) groups is 1.